The third-order valence-corrected chi connectivity index (χ3v) is 3.34. The first-order valence-electron chi connectivity index (χ1n) is 5.81. The van der Waals surface area contributed by atoms with E-state index in [0.717, 1.165) is 22.4 Å². The molecule has 0 aliphatic carbocycles. The van der Waals surface area contributed by atoms with E-state index in [0.29, 0.717) is 6.42 Å². The van der Waals surface area contributed by atoms with Crippen molar-refractivity contribution in [1.82, 2.24) is 0 Å². The van der Waals surface area contributed by atoms with E-state index in [1.165, 1.54) is 12.1 Å². The fraction of sp³-hybridized carbons (Fsp3) is 0.133. The fourth-order valence-corrected chi connectivity index (χ4v) is 2.37. The second-order valence-corrected chi connectivity index (χ2v) is 4.45. The Labute approximate surface area is 105 Å². The molecule has 0 aromatic heterocycles. The Kier molecular flexibility index (Phi) is 2.40. The summed E-state index contributed by atoms with van der Waals surface area (Å²) in [6.45, 7) is 0. The number of hydrogen-bond donors (Lipinski definition) is 0. The summed E-state index contributed by atoms with van der Waals surface area (Å²) in [6.07, 6.45) is 0.350. The molecular weight excluding hydrogens is 229 g/mol. The quantitative estimate of drug-likeness (QED) is 0.694. The molecule has 2 aromatic rings. The minimum atomic E-state index is -0.286. The number of carbonyl (C=O) groups is 1. The minimum Gasteiger partial charge on any atom is -0.315 e. The molecule has 0 atom stereocenters. The lowest BCUT2D eigenvalue weighted by Gasteiger charge is -2.17. The Morgan fingerprint density at radius 3 is 2.72 bits per heavy atom. The molecule has 90 valence electrons. The van der Waals surface area contributed by atoms with Gasteiger partial charge in [-0.2, -0.15) is 0 Å². The highest BCUT2D eigenvalue weighted by Crippen LogP contribution is 2.36. The summed E-state index contributed by atoms with van der Waals surface area (Å²) < 4.78 is 13.4. The molecule has 0 radical (unpaired) electrons. The molecule has 0 saturated carbocycles. The van der Waals surface area contributed by atoms with Gasteiger partial charge in [-0.1, -0.05) is 24.3 Å². The summed E-state index contributed by atoms with van der Waals surface area (Å²) in [5.74, 6) is -0.265. The highest BCUT2D eigenvalue weighted by atomic mass is 19.1. The molecule has 0 spiro atoms. The summed E-state index contributed by atoms with van der Waals surface area (Å²) in [7, 11) is 1.73. The largest absolute Gasteiger partial charge is 0.315 e. The highest BCUT2D eigenvalue weighted by Gasteiger charge is 2.22. The zero-order chi connectivity index (χ0) is 12.7. The molecule has 18 heavy (non-hydrogen) atoms. The zero-order valence-electron chi connectivity index (χ0n) is 9.98. The molecular formula is C15H12FNO. The van der Waals surface area contributed by atoms with E-state index in [9.17, 15) is 9.18 Å². The van der Waals surface area contributed by atoms with Crippen LogP contribution in [0.25, 0.3) is 11.1 Å². The van der Waals surface area contributed by atoms with Crippen LogP contribution in [0.2, 0.25) is 0 Å². The van der Waals surface area contributed by atoms with Crippen molar-refractivity contribution in [2.75, 3.05) is 11.9 Å². The van der Waals surface area contributed by atoms with Crippen LogP contribution in [0.5, 0.6) is 0 Å². The van der Waals surface area contributed by atoms with Crippen LogP contribution < -0.4 is 4.90 Å². The molecule has 1 aliphatic heterocycles. The van der Waals surface area contributed by atoms with E-state index in [-0.39, 0.29) is 11.7 Å². The van der Waals surface area contributed by atoms with Crippen LogP contribution in [-0.2, 0) is 11.2 Å². The van der Waals surface area contributed by atoms with E-state index < -0.39 is 0 Å². The van der Waals surface area contributed by atoms with Gasteiger partial charge in [0.1, 0.15) is 5.82 Å². The van der Waals surface area contributed by atoms with Crippen LogP contribution in [0.15, 0.2) is 42.5 Å². The maximum absolute atomic E-state index is 13.4. The topological polar surface area (TPSA) is 20.3 Å². The van der Waals surface area contributed by atoms with Gasteiger partial charge < -0.3 is 4.90 Å². The highest BCUT2D eigenvalue weighted by molar-refractivity contribution is 6.02. The van der Waals surface area contributed by atoms with Crippen LogP contribution in [-0.4, -0.2) is 13.0 Å². The normalized spacial score (nSPS) is 13.9. The van der Waals surface area contributed by atoms with Gasteiger partial charge >= 0.3 is 0 Å². The van der Waals surface area contributed by atoms with E-state index in [2.05, 4.69) is 0 Å². The van der Waals surface area contributed by atoms with Crippen LogP contribution in [0.4, 0.5) is 10.1 Å². The van der Waals surface area contributed by atoms with E-state index >= 15 is 0 Å². The number of nitrogens with zero attached hydrogens (tertiary/aromatic N) is 1. The van der Waals surface area contributed by atoms with Gasteiger partial charge in [0.25, 0.3) is 0 Å². The van der Waals surface area contributed by atoms with Crippen LogP contribution in [0.1, 0.15) is 5.56 Å². The van der Waals surface area contributed by atoms with Crippen molar-refractivity contribution in [3.05, 3.63) is 53.8 Å². The number of hydrogen-bond acceptors (Lipinski definition) is 1. The van der Waals surface area contributed by atoms with Gasteiger partial charge in [-0.25, -0.2) is 4.39 Å². The number of amides is 1. The number of carbonyl (C=O) groups excluding carboxylic acids is 1. The molecule has 0 saturated heterocycles. The van der Waals surface area contributed by atoms with Crippen molar-refractivity contribution in [2.24, 2.45) is 0 Å². The lowest BCUT2D eigenvalue weighted by Crippen LogP contribution is -2.26. The Hall–Kier alpha value is -2.16. The van der Waals surface area contributed by atoms with Crippen molar-refractivity contribution in [1.29, 1.82) is 0 Å². The maximum Gasteiger partial charge on any atom is 0.231 e. The first-order chi connectivity index (χ1) is 8.66. The number of benzene rings is 2. The van der Waals surface area contributed by atoms with Gasteiger partial charge in [-0.05, 0) is 29.3 Å². The molecule has 2 nitrogen and oxygen atoms in total. The second kappa shape index (κ2) is 3.95. The summed E-state index contributed by atoms with van der Waals surface area (Å²) >= 11 is 0. The molecule has 0 unspecified atom stereocenters. The molecule has 1 amide bonds. The molecule has 3 rings (SSSR count). The number of halogens is 1. The lowest BCUT2D eigenvalue weighted by molar-refractivity contribution is -0.117. The number of anilines is 1. The van der Waals surface area contributed by atoms with E-state index in [1.54, 1.807) is 18.0 Å². The van der Waals surface area contributed by atoms with Gasteiger partial charge in [-0.3, -0.25) is 4.79 Å². The van der Waals surface area contributed by atoms with Crippen molar-refractivity contribution >= 4 is 11.6 Å². The average molecular weight is 241 g/mol. The standard InChI is InChI=1S/C15H12FNO/c1-17-14-7-6-11(16)9-13(14)12-5-3-2-4-10(12)8-15(17)18/h2-7,9H,8H2,1H3. The Morgan fingerprint density at radius 1 is 1.11 bits per heavy atom. The Morgan fingerprint density at radius 2 is 1.89 bits per heavy atom. The molecule has 0 N–H and O–H groups in total. The molecule has 1 aliphatic rings. The average Bonchev–Trinajstić information content (AvgIpc) is 2.47. The molecule has 0 fully saturated rings. The molecule has 2 aromatic carbocycles. The number of rotatable bonds is 0. The van der Waals surface area contributed by atoms with Gasteiger partial charge in [0, 0.05) is 12.6 Å². The number of fused-ring (bicyclic) bond motifs is 3. The monoisotopic (exact) mass is 241 g/mol. The van der Waals surface area contributed by atoms with Crippen molar-refractivity contribution in [3.63, 3.8) is 0 Å². The van der Waals surface area contributed by atoms with Gasteiger partial charge in [0.05, 0.1) is 12.1 Å². The van der Waals surface area contributed by atoms with Gasteiger partial charge in [0.15, 0.2) is 0 Å². The minimum absolute atomic E-state index is 0.0211. The predicted octanol–water partition coefficient (Wildman–Crippen LogP) is 3.01. The van der Waals surface area contributed by atoms with Crippen molar-refractivity contribution < 1.29 is 9.18 Å². The smallest absolute Gasteiger partial charge is 0.231 e. The van der Waals surface area contributed by atoms with Crippen LogP contribution in [0, 0.1) is 5.82 Å². The van der Waals surface area contributed by atoms with Crippen molar-refractivity contribution in [3.8, 4) is 11.1 Å². The third kappa shape index (κ3) is 1.59. The van der Waals surface area contributed by atoms with Crippen LogP contribution >= 0.6 is 0 Å². The summed E-state index contributed by atoms with van der Waals surface area (Å²) in [5.41, 5.74) is 3.41. The van der Waals surface area contributed by atoms with E-state index in [4.69, 9.17) is 0 Å². The number of likely N-dealkylation sites (N-methyl/N-ethyl adjacent to an activating group) is 1. The van der Waals surface area contributed by atoms with Crippen molar-refractivity contribution in [2.45, 2.75) is 6.42 Å². The molecule has 1 heterocycles. The van der Waals surface area contributed by atoms with Gasteiger partial charge in [-0.15, -0.1) is 0 Å². The first kappa shape index (κ1) is 11.0. The SMILES string of the molecule is CN1C(=O)Cc2ccccc2-c2cc(F)ccc21. The lowest BCUT2D eigenvalue weighted by atomic mass is 9.98. The third-order valence-electron chi connectivity index (χ3n) is 3.34. The first-order valence-corrected chi connectivity index (χ1v) is 5.81. The summed E-state index contributed by atoms with van der Waals surface area (Å²) in [4.78, 5) is 13.6. The second-order valence-electron chi connectivity index (χ2n) is 4.45. The Bertz CT molecular complexity index is 636. The summed E-state index contributed by atoms with van der Waals surface area (Å²) in [5, 5.41) is 0. The molecule has 3 heteroatoms. The van der Waals surface area contributed by atoms with E-state index in [1.807, 2.05) is 24.3 Å². The predicted molar refractivity (Wildman–Crippen MR) is 69.0 cm³/mol. The Balaban J connectivity index is 2.34. The fourth-order valence-electron chi connectivity index (χ4n) is 2.37. The molecule has 0 bridgehead atoms. The maximum atomic E-state index is 13.4. The zero-order valence-corrected chi connectivity index (χ0v) is 9.98. The van der Waals surface area contributed by atoms with Crippen LogP contribution in [0.3, 0.4) is 0 Å². The van der Waals surface area contributed by atoms with Gasteiger partial charge in [0.2, 0.25) is 5.91 Å². The summed E-state index contributed by atoms with van der Waals surface area (Å²) in [6, 6.07) is 12.2.